The van der Waals surface area contributed by atoms with Gasteiger partial charge in [0, 0.05) is 42.3 Å². The number of nitrogens with one attached hydrogen (secondary N) is 2. The summed E-state index contributed by atoms with van der Waals surface area (Å²) in [6.07, 6.45) is 2.79. The molecule has 3 aromatic rings. The first kappa shape index (κ1) is 29.2. The molecule has 2 aromatic heterocycles. The molecule has 1 amide bonds. The summed E-state index contributed by atoms with van der Waals surface area (Å²) >= 11 is 14.2. The molecule has 0 unspecified atom stereocenters. The molecule has 0 radical (unpaired) electrons. The van der Waals surface area contributed by atoms with E-state index in [1.165, 1.54) is 11.8 Å². The normalized spacial score (nSPS) is 19.7. The zero-order valence-corrected chi connectivity index (χ0v) is 23.2. The summed E-state index contributed by atoms with van der Waals surface area (Å²) in [5, 5.41) is 19.3. The Morgan fingerprint density at radius 2 is 2.06 bits per heavy atom. The summed E-state index contributed by atoms with van der Waals surface area (Å²) in [6.45, 7) is 2.79. The molecule has 1 aromatic carbocycles. The lowest BCUT2D eigenvalue weighted by atomic mass is 10.0. The Morgan fingerprint density at radius 3 is 2.86 bits per heavy atom. The van der Waals surface area contributed by atoms with Gasteiger partial charge in [0.15, 0.2) is 0 Å². The van der Waals surface area contributed by atoms with Gasteiger partial charge in [-0.1, -0.05) is 23.2 Å². The number of thioether (sulfide) groups is 1. The van der Waals surface area contributed by atoms with Crippen molar-refractivity contribution in [1.82, 2.24) is 20.2 Å². The molecule has 1 fully saturated rings. The number of anilines is 1. The number of nitrogens with zero attached hydrogens (tertiary/aromatic N) is 3. The minimum absolute atomic E-state index is 0. The van der Waals surface area contributed by atoms with Crippen LogP contribution in [0, 0.1) is 0 Å². The third-order valence-electron chi connectivity index (χ3n) is 6.31. The smallest absolute Gasteiger partial charge is 0.235 e. The van der Waals surface area contributed by atoms with E-state index in [4.69, 9.17) is 23.2 Å². The standard InChI is InChI=1S/C24H25Cl2N5O2S.2ClH/c25-14-1-3-19-17(9-14)16(18(26)11-28-19)5-7-31-8-6-20(21(32)12-31)27-10-15-2-4-22-24(29-15)30-23(33)13-34-22;;/h1-4,9,11,20-21,27,32H,5-8,10,12-13H2,(H,29,30,33);2*1H/t20-,21-;;/m1../s1. The minimum Gasteiger partial charge on any atom is -0.390 e. The molecule has 5 rings (SSSR count). The van der Waals surface area contributed by atoms with Crippen LogP contribution in [0.5, 0.6) is 0 Å². The first-order valence-electron chi connectivity index (χ1n) is 11.3. The third-order valence-corrected chi connectivity index (χ3v) is 7.92. The van der Waals surface area contributed by atoms with Gasteiger partial charge in [-0.2, -0.15) is 0 Å². The Labute approximate surface area is 236 Å². The molecule has 0 spiro atoms. The van der Waals surface area contributed by atoms with Crippen molar-refractivity contribution in [3.05, 3.63) is 57.8 Å². The van der Waals surface area contributed by atoms with Gasteiger partial charge in [0.05, 0.1) is 33.0 Å². The topological polar surface area (TPSA) is 90.4 Å². The van der Waals surface area contributed by atoms with Crippen molar-refractivity contribution in [2.75, 3.05) is 30.7 Å². The Morgan fingerprint density at radius 1 is 1.22 bits per heavy atom. The second-order valence-electron chi connectivity index (χ2n) is 8.63. The second kappa shape index (κ2) is 12.9. The van der Waals surface area contributed by atoms with Crippen LogP contribution in [0.2, 0.25) is 10.0 Å². The number of pyridine rings is 2. The highest BCUT2D eigenvalue weighted by molar-refractivity contribution is 8.00. The molecule has 1 saturated heterocycles. The van der Waals surface area contributed by atoms with Crippen molar-refractivity contribution >= 4 is 82.4 Å². The Hall–Kier alpha value is -1.36. The van der Waals surface area contributed by atoms with Gasteiger partial charge in [0.2, 0.25) is 5.91 Å². The lowest BCUT2D eigenvalue weighted by Crippen LogP contribution is -2.52. The maximum Gasteiger partial charge on any atom is 0.235 e. The summed E-state index contributed by atoms with van der Waals surface area (Å²) in [5.74, 6) is 1.02. The summed E-state index contributed by atoms with van der Waals surface area (Å²) in [4.78, 5) is 23.8. The number of amides is 1. The van der Waals surface area contributed by atoms with Gasteiger partial charge in [0.1, 0.15) is 5.82 Å². The number of aliphatic hydroxyl groups is 1. The number of rotatable bonds is 6. The molecule has 12 heteroatoms. The molecular weight excluding hydrogens is 564 g/mol. The van der Waals surface area contributed by atoms with E-state index in [2.05, 4.69) is 25.5 Å². The van der Waals surface area contributed by atoms with Gasteiger partial charge >= 0.3 is 0 Å². The van der Waals surface area contributed by atoms with Crippen LogP contribution in [0.25, 0.3) is 10.9 Å². The number of carbonyl (C=O) groups is 1. The highest BCUT2D eigenvalue weighted by Crippen LogP contribution is 2.30. The van der Waals surface area contributed by atoms with E-state index in [0.29, 0.717) is 34.7 Å². The molecule has 4 heterocycles. The average Bonchev–Trinajstić information content (AvgIpc) is 2.82. The largest absolute Gasteiger partial charge is 0.390 e. The Bertz CT molecular complexity index is 1230. The highest BCUT2D eigenvalue weighted by Gasteiger charge is 2.27. The Balaban J connectivity index is 0.00000180. The van der Waals surface area contributed by atoms with Gasteiger partial charge in [-0.3, -0.25) is 9.78 Å². The van der Waals surface area contributed by atoms with Gasteiger partial charge < -0.3 is 20.6 Å². The number of aliphatic hydroxyl groups excluding tert-OH is 1. The molecular formula is C24H27Cl4N5O2S. The lowest BCUT2D eigenvalue weighted by molar-refractivity contribution is -0.113. The maximum atomic E-state index is 11.6. The van der Waals surface area contributed by atoms with Crippen molar-refractivity contribution in [3.63, 3.8) is 0 Å². The fraction of sp³-hybridized carbons (Fsp3) is 0.375. The van der Waals surface area contributed by atoms with Gasteiger partial charge in [0.25, 0.3) is 0 Å². The molecule has 3 N–H and O–H groups in total. The zero-order chi connectivity index (χ0) is 23.7. The first-order valence-corrected chi connectivity index (χ1v) is 13.0. The Kier molecular flexibility index (Phi) is 10.5. The SMILES string of the molecule is Cl.Cl.O=C1CSc2ccc(CN[C@@H]3CCN(CCc4c(Cl)cnc5ccc(Cl)cc45)C[C@H]3O)nc2N1. The molecule has 7 nitrogen and oxygen atoms in total. The highest BCUT2D eigenvalue weighted by atomic mass is 35.5. The number of fused-ring (bicyclic) bond motifs is 2. The van der Waals surface area contributed by atoms with Crippen LogP contribution in [-0.4, -0.2) is 63.4 Å². The minimum atomic E-state index is -0.485. The molecule has 2 aliphatic heterocycles. The van der Waals surface area contributed by atoms with E-state index >= 15 is 0 Å². The molecule has 0 saturated carbocycles. The van der Waals surface area contributed by atoms with E-state index in [1.807, 2.05) is 30.3 Å². The molecule has 0 aliphatic carbocycles. The molecule has 194 valence electrons. The van der Waals surface area contributed by atoms with Gasteiger partial charge in [-0.05, 0) is 55.3 Å². The number of halogens is 4. The first-order chi connectivity index (χ1) is 16.5. The number of β-amino-alcohol motifs (C(OH)–C–C–N with tert-alkyl or cyclic N) is 1. The number of aromatic nitrogens is 2. The fourth-order valence-corrected chi connectivity index (χ4v) is 5.67. The van der Waals surface area contributed by atoms with E-state index in [0.717, 1.165) is 53.0 Å². The van der Waals surface area contributed by atoms with Crippen LogP contribution < -0.4 is 10.6 Å². The van der Waals surface area contributed by atoms with Crippen molar-refractivity contribution in [2.45, 2.75) is 36.4 Å². The van der Waals surface area contributed by atoms with Crippen LogP contribution in [0.1, 0.15) is 17.7 Å². The number of benzene rings is 1. The van der Waals surface area contributed by atoms with E-state index < -0.39 is 6.10 Å². The molecule has 0 bridgehead atoms. The van der Waals surface area contributed by atoms with Crippen molar-refractivity contribution in [3.8, 4) is 0 Å². The van der Waals surface area contributed by atoms with Crippen molar-refractivity contribution in [2.24, 2.45) is 0 Å². The third kappa shape index (κ3) is 6.74. The lowest BCUT2D eigenvalue weighted by Gasteiger charge is -2.36. The number of carbonyl (C=O) groups excluding carboxylic acids is 1. The number of hydrogen-bond acceptors (Lipinski definition) is 7. The van der Waals surface area contributed by atoms with E-state index in [-0.39, 0.29) is 36.8 Å². The summed E-state index contributed by atoms with van der Waals surface area (Å²) in [7, 11) is 0. The molecule has 2 aliphatic rings. The monoisotopic (exact) mass is 589 g/mol. The predicted octanol–water partition coefficient (Wildman–Crippen LogP) is 4.59. The summed E-state index contributed by atoms with van der Waals surface area (Å²) in [5.41, 5.74) is 2.75. The number of hydrogen-bond donors (Lipinski definition) is 3. The van der Waals surface area contributed by atoms with Gasteiger partial charge in [-0.15, -0.1) is 36.6 Å². The van der Waals surface area contributed by atoms with Crippen LogP contribution in [0.15, 0.2) is 41.4 Å². The van der Waals surface area contributed by atoms with E-state index in [9.17, 15) is 9.90 Å². The fourth-order valence-electron chi connectivity index (χ4n) is 4.50. The van der Waals surface area contributed by atoms with Crippen LogP contribution >= 0.6 is 59.8 Å². The number of piperidine rings is 1. The van der Waals surface area contributed by atoms with Crippen LogP contribution in [0.4, 0.5) is 5.82 Å². The summed E-state index contributed by atoms with van der Waals surface area (Å²) in [6, 6.07) is 9.59. The van der Waals surface area contributed by atoms with E-state index in [1.54, 1.807) is 6.20 Å². The predicted molar refractivity (Wildman–Crippen MR) is 151 cm³/mol. The van der Waals surface area contributed by atoms with Crippen LogP contribution in [0.3, 0.4) is 0 Å². The molecule has 2 atom stereocenters. The van der Waals surface area contributed by atoms with Crippen molar-refractivity contribution < 1.29 is 9.90 Å². The second-order valence-corrected chi connectivity index (χ2v) is 10.5. The van der Waals surface area contributed by atoms with Crippen LogP contribution in [-0.2, 0) is 17.8 Å². The van der Waals surface area contributed by atoms with Crippen molar-refractivity contribution in [1.29, 1.82) is 0 Å². The zero-order valence-electron chi connectivity index (χ0n) is 19.2. The van der Waals surface area contributed by atoms with Gasteiger partial charge in [-0.25, -0.2) is 4.98 Å². The maximum absolute atomic E-state index is 11.6. The number of likely N-dealkylation sites (tertiary alicyclic amines) is 1. The molecule has 36 heavy (non-hydrogen) atoms. The average molecular weight is 591 g/mol. The quantitative estimate of drug-likeness (QED) is 0.387. The summed E-state index contributed by atoms with van der Waals surface area (Å²) < 4.78 is 0.